The molecule has 3 nitrogen and oxygen atoms in total. The van der Waals surface area contributed by atoms with Gasteiger partial charge in [0.1, 0.15) is 5.82 Å². The highest BCUT2D eigenvalue weighted by Gasteiger charge is 2.36. The molecule has 1 aromatic rings. The lowest BCUT2D eigenvalue weighted by molar-refractivity contribution is 0.0700. The van der Waals surface area contributed by atoms with E-state index in [-0.39, 0.29) is 17.4 Å². The summed E-state index contributed by atoms with van der Waals surface area (Å²) in [5.41, 5.74) is 5.04. The molecule has 0 aromatic heterocycles. The Bertz CT molecular complexity index is 446. The van der Waals surface area contributed by atoms with Crippen LogP contribution in [0.1, 0.15) is 45.2 Å². The van der Waals surface area contributed by atoms with Crippen LogP contribution in [-0.2, 0) is 6.42 Å². The molecule has 0 radical (unpaired) electrons. The molecule has 2 unspecified atom stereocenters. The van der Waals surface area contributed by atoms with E-state index in [1.165, 1.54) is 6.07 Å². The average Bonchev–Trinajstić information content (AvgIpc) is 2.48. The van der Waals surface area contributed by atoms with Gasteiger partial charge in [-0.05, 0) is 63.0 Å². The number of halogens is 1. The van der Waals surface area contributed by atoms with Crippen molar-refractivity contribution in [3.63, 3.8) is 0 Å². The second kappa shape index (κ2) is 7.87. The van der Waals surface area contributed by atoms with Gasteiger partial charge in [0.15, 0.2) is 0 Å². The molecule has 120 valence electrons. The van der Waals surface area contributed by atoms with Gasteiger partial charge in [0.2, 0.25) is 0 Å². The molecule has 0 fully saturated rings. The maximum Gasteiger partial charge on any atom is 0.123 e. The maximum absolute atomic E-state index is 13.5. The molecule has 1 aromatic carbocycles. The van der Waals surface area contributed by atoms with E-state index in [1.54, 1.807) is 6.07 Å². The van der Waals surface area contributed by atoms with E-state index in [9.17, 15) is 4.39 Å². The van der Waals surface area contributed by atoms with Crippen LogP contribution in [-0.4, -0.2) is 29.6 Å². The molecule has 4 heteroatoms. The lowest BCUT2D eigenvalue weighted by atomic mass is 9.83. The highest BCUT2D eigenvalue weighted by molar-refractivity contribution is 5.28. The van der Waals surface area contributed by atoms with Crippen molar-refractivity contribution in [2.45, 2.75) is 59.0 Å². The van der Waals surface area contributed by atoms with Crippen LogP contribution < -0.4 is 11.3 Å². The molecule has 0 aliphatic rings. The second-order valence-corrected chi connectivity index (χ2v) is 5.88. The summed E-state index contributed by atoms with van der Waals surface area (Å²) in [5, 5.41) is 0. The Morgan fingerprint density at radius 3 is 2.38 bits per heavy atom. The molecule has 0 heterocycles. The minimum atomic E-state index is -0.188. The summed E-state index contributed by atoms with van der Waals surface area (Å²) in [6, 6.07) is 5.03. The highest BCUT2D eigenvalue weighted by atomic mass is 19.1. The number of hydrazine groups is 1. The Labute approximate surface area is 128 Å². The van der Waals surface area contributed by atoms with E-state index in [1.807, 2.05) is 13.0 Å². The number of aryl methyl sites for hydroxylation is 1. The standard InChI is InChI=1S/C17H30FN3/c1-6-17(5,21(7-2)8-3)16(20-19)12-14-11-15(18)10-9-13(14)4/h9-11,16,20H,6-8,12,19H2,1-5H3. The molecule has 0 aliphatic heterocycles. The lowest BCUT2D eigenvalue weighted by Gasteiger charge is -2.45. The van der Waals surface area contributed by atoms with E-state index in [2.05, 4.69) is 38.0 Å². The van der Waals surface area contributed by atoms with Crippen LogP contribution in [0.4, 0.5) is 4.39 Å². The van der Waals surface area contributed by atoms with Gasteiger partial charge in [-0.2, -0.15) is 0 Å². The number of nitrogens with one attached hydrogen (secondary N) is 1. The summed E-state index contributed by atoms with van der Waals surface area (Å²) in [6.45, 7) is 12.7. The number of nitrogens with two attached hydrogens (primary N) is 1. The number of nitrogens with zero attached hydrogens (tertiary/aromatic N) is 1. The molecular formula is C17H30FN3. The summed E-state index contributed by atoms with van der Waals surface area (Å²) in [4.78, 5) is 2.42. The first-order chi connectivity index (χ1) is 9.92. The minimum Gasteiger partial charge on any atom is -0.297 e. The van der Waals surface area contributed by atoms with Gasteiger partial charge in [-0.3, -0.25) is 16.2 Å². The van der Waals surface area contributed by atoms with Crippen LogP contribution in [0.25, 0.3) is 0 Å². The Morgan fingerprint density at radius 1 is 1.29 bits per heavy atom. The molecule has 0 bridgehead atoms. The van der Waals surface area contributed by atoms with E-state index in [0.29, 0.717) is 0 Å². The zero-order valence-corrected chi connectivity index (χ0v) is 14.0. The number of hydrogen-bond donors (Lipinski definition) is 2. The molecule has 0 saturated carbocycles. The van der Waals surface area contributed by atoms with Crippen LogP contribution in [0.5, 0.6) is 0 Å². The third-order valence-corrected chi connectivity index (χ3v) is 4.89. The maximum atomic E-state index is 13.5. The molecule has 1 rings (SSSR count). The van der Waals surface area contributed by atoms with Gasteiger partial charge >= 0.3 is 0 Å². The van der Waals surface area contributed by atoms with E-state index in [0.717, 1.165) is 37.1 Å². The first-order valence-corrected chi connectivity index (χ1v) is 7.89. The fourth-order valence-corrected chi connectivity index (χ4v) is 3.17. The summed E-state index contributed by atoms with van der Waals surface area (Å²) >= 11 is 0. The average molecular weight is 295 g/mol. The quantitative estimate of drug-likeness (QED) is 0.572. The molecule has 3 N–H and O–H groups in total. The predicted octanol–water partition coefficient (Wildman–Crippen LogP) is 3.02. The van der Waals surface area contributed by atoms with Gasteiger partial charge in [-0.1, -0.05) is 26.8 Å². The molecule has 0 spiro atoms. The largest absolute Gasteiger partial charge is 0.297 e. The Hall–Kier alpha value is -0.970. The van der Waals surface area contributed by atoms with Crippen molar-refractivity contribution in [3.8, 4) is 0 Å². The van der Waals surface area contributed by atoms with Crippen LogP contribution in [0.2, 0.25) is 0 Å². The van der Waals surface area contributed by atoms with Crippen LogP contribution in [0.3, 0.4) is 0 Å². The molecule has 21 heavy (non-hydrogen) atoms. The molecule has 0 amide bonds. The van der Waals surface area contributed by atoms with E-state index < -0.39 is 0 Å². The predicted molar refractivity (Wildman–Crippen MR) is 87.6 cm³/mol. The monoisotopic (exact) mass is 295 g/mol. The topological polar surface area (TPSA) is 41.3 Å². The van der Waals surface area contributed by atoms with Crippen molar-refractivity contribution in [2.24, 2.45) is 5.84 Å². The number of likely N-dealkylation sites (N-methyl/N-ethyl adjacent to an activating group) is 1. The molecule has 0 saturated heterocycles. The van der Waals surface area contributed by atoms with Gasteiger partial charge in [0.25, 0.3) is 0 Å². The number of rotatable bonds is 8. The Balaban J connectivity index is 3.07. The van der Waals surface area contributed by atoms with Crippen molar-refractivity contribution in [1.82, 2.24) is 10.3 Å². The number of benzene rings is 1. The fraction of sp³-hybridized carbons (Fsp3) is 0.647. The van der Waals surface area contributed by atoms with Crippen LogP contribution >= 0.6 is 0 Å². The number of hydrogen-bond acceptors (Lipinski definition) is 3. The highest BCUT2D eigenvalue weighted by Crippen LogP contribution is 2.26. The van der Waals surface area contributed by atoms with E-state index in [4.69, 9.17) is 5.84 Å². The van der Waals surface area contributed by atoms with Crippen molar-refractivity contribution < 1.29 is 4.39 Å². The van der Waals surface area contributed by atoms with Gasteiger partial charge in [0.05, 0.1) is 0 Å². The molecular weight excluding hydrogens is 265 g/mol. The zero-order chi connectivity index (χ0) is 16.0. The van der Waals surface area contributed by atoms with Crippen LogP contribution in [0, 0.1) is 12.7 Å². The summed E-state index contributed by atoms with van der Waals surface area (Å²) in [6.07, 6.45) is 1.71. The zero-order valence-electron chi connectivity index (χ0n) is 14.0. The van der Waals surface area contributed by atoms with Crippen molar-refractivity contribution >= 4 is 0 Å². The third kappa shape index (κ3) is 4.02. The lowest BCUT2D eigenvalue weighted by Crippen LogP contribution is -2.61. The van der Waals surface area contributed by atoms with Gasteiger partial charge in [-0.15, -0.1) is 0 Å². The summed E-state index contributed by atoms with van der Waals surface area (Å²) in [7, 11) is 0. The SMILES string of the molecule is CCN(CC)C(C)(CC)C(Cc1cc(F)ccc1C)NN. The first kappa shape index (κ1) is 18.1. The normalized spacial score (nSPS) is 16.0. The van der Waals surface area contributed by atoms with E-state index >= 15 is 0 Å². The first-order valence-electron chi connectivity index (χ1n) is 7.89. The van der Waals surface area contributed by atoms with Gasteiger partial charge < -0.3 is 0 Å². The van der Waals surface area contributed by atoms with Gasteiger partial charge in [0, 0.05) is 11.6 Å². The fourth-order valence-electron chi connectivity index (χ4n) is 3.17. The summed E-state index contributed by atoms with van der Waals surface area (Å²) in [5.74, 6) is 5.66. The van der Waals surface area contributed by atoms with Crippen molar-refractivity contribution in [2.75, 3.05) is 13.1 Å². The van der Waals surface area contributed by atoms with Crippen molar-refractivity contribution in [3.05, 3.63) is 35.1 Å². The third-order valence-electron chi connectivity index (χ3n) is 4.89. The molecule has 0 aliphatic carbocycles. The minimum absolute atomic E-state index is 0.0585. The van der Waals surface area contributed by atoms with Crippen molar-refractivity contribution in [1.29, 1.82) is 0 Å². The Kier molecular flexibility index (Phi) is 6.78. The Morgan fingerprint density at radius 2 is 1.90 bits per heavy atom. The second-order valence-electron chi connectivity index (χ2n) is 5.88. The van der Waals surface area contributed by atoms with Gasteiger partial charge in [-0.25, -0.2) is 4.39 Å². The smallest absolute Gasteiger partial charge is 0.123 e. The summed E-state index contributed by atoms with van der Waals surface area (Å²) < 4.78 is 13.5. The molecule has 2 atom stereocenters. The van der Waals surface area contributed by atoms with Crippen LogP contribution in [0.15, 0.2) is 18.2 Å².